The Hall–Kier alpha value is -1.07. The van der Waals surface area contributed by atoms with Gasteiger partial charge in [-0.05, 0) is 31.5 Å². The zero-order chi connectivity index (χ0) is 14.3. The number of nitrogens with one attached hydrogen (secondary N) is 1. The van der Waals surface area contributed by atoms with Crippen LogP contribution in [0.4, 0.5) is 5.69 Å². The van der Waals surface area contributed by atoms with E-state index in [4.69, 9.17) is 0 Å². The van der Waals surface area contributed by atoms with Crippen LogP contribution < -0.4 is 10.2 Å². The predicted molar refractivity (Wildman–Crippen MR) is 81.4 cm³/mol. The molecule has 0 aliphatic carbocycles. The quantitative estimate of drug-likeness (QED) is 0.738. The lowest BCUT2D eigenvalue weighted by Crippen LogP contribution is -2.23. The van der Waals surface area contributed by atoms with Gasteiger partial charge in [0, 0.05) is 38.1 Å². The summed E-state index contributed by atoms with van der Waals surface area (Å²) in [5.74, 6) is 0.185. The molecule has 0 saturated carbocycles. The van der Waals surface area contributed by atoms with Gasteiger partial charge in [0.25, 0.3) is 0 Å². The first-order valence-corrected chi connectivity index (χ1v) is 8.74. The van der Waals surface area contributed by atoms with E-state index in [1.165, 1.54) is 17.5 Å². The number of benzene rings is 1. The minimum atomic E-state index is -2.87. The molecule has 0 aliphatic rings. The normalized spacial score (nSPS) is 11.5. The first kappa shape index (κ1) is 16.0. The summed E-state index contributed by atoms with van der Waals surface area (Å²) in [6.07, 6.45) is 1.26. The van der Waals surface area contributed by atoms with Gasteiger partial charge in [-0.2, -0.15) is 0 Å². The molecule has 19 heavy (non-hydrogen) atoms. The Bertz CT molecular complexity index is 465. The highest BCUT2D eigenvalue weighted by Crippen LogP contribution is 2.14. The van der Waals surface area contributed by atoms with Crippen LogP contribution in [0.25, 0.3) is 0 Å². The number of rotatable bonds is 8. The zero-order valence-corrected chi connectivity index (χ0v) is 12.8. The van der Waals surface area contributed by atoms with Crippen LogP contribution in [0.2, 0.25) is 0 Å². The molecule has 0 aromatic heterocycles. The van der Waals surface area contributed by atoms with E-state index in [1.54, 1.807) is 0 Å². The van der Waals surface area contributed by atoms with Gasteiger partial charge in [-0.15, -0.1) is 0 Å². The van der Waals surface area contributed by atoms with Gasteiger partial charge in [0.05, 0.1) is 5.75 Å². The van der Waals surface area contributed by atoms with Crippen molar-refractivity contribution in [1.82, 2.24) is 5.32 Å². The van der Waals surface area contributed by atoms with Gasteiger partial charge in [-0.3, -0.25) is 0 Å². The third-order valence-corrected chi connectivity index (χ3v) is 3.99. The third kappa shape index (κ3) is 6.07. The maximum Gasteiger partial charge on any atom is 0.148 e. The van der Waals surface area contributed by atoms with Crippen LogP contribution in [0.5, 0.6) is 0 Å². The summed E-state index contributed by atoms with van der Waals surface area (Å²) < 4.78 is 22.0. The molecule has 0 radical (unpaired) electrons. The molecule has 0 fully saturated rings. The average molecular weight is 284 g/mol. The number of hydrogen-bond donors (Lipinski definition) is 1. The minimum absolute atomic E-state index is 0.185. The summed E-state index contributed by atoms with van der Waals surface area (Å²) in [5, 5.41) is 3.14. The molecule has 1 aromatic rings. The molecular formula is C14H24N2O2S. The fourth-order valence-electron chi connectivity index (χ4n) is 1.90. The highest BCUT2D eigenvalue weighted by molar-refractivity contribution is 7.90. The first-order valence-electron chi connectivity index (χ1n) is 6.68. The summed E-state index contributed by atoms with van der Waals surface area (Å²) in [6.45, 7) is 7.49. The SMILES string of the molecule is CCN(CC)c1ccc(CNCCS(C)(=O)=O)cc1. The fraction of sp³-hybridized carbons (Fsp3) is 0.571. The predicted octanol–water partition coefficient (Wildman–Crippen LogP) is 1.67. The standard InChI is InChI=1S/C14H24N2O2S/c1-4-16(5-2)14-8-6-13(7-9-14)12-15-10-11-19(3,17)18/h6-9,15H,4-5,10-12H2,1-3H3. The van der Waals surface area contributed by atoms with Gasteiger partial charge >= 0.3 is 0 Å². The minimum Gasteiger partial charge on any atom is -0.372 e. The highest BCUT2D eigenvalue weighted by Gasteiger charge is 2.02. The Morgan fingerprint density at radius 3 is 2.16 bits per heavy atom. The van der Waals surface area contributed by atoms with E-state index >= 15 is 0 Å². The van der Waals surface area contributed by atoms with E-state index in [1.807, 2.05) is 0 Å². The molecule has 1 aromatic carbocycles. The zero-order valence-electron chi connectivity index (χ0n) is 12.0. The molecular weight excluding hydrogens is 260 g/mol. The van der Waals surface area contributed by atoms with Crippen molar-refractivity contribution in [3.63, 3.8) is 0 Å². The lowest BCUT2D eigenvalue weighted by atomic mass is 10.2. The van der Waals surface area contributed by atoms with Crippen molar-refractivity contribution in [3.8, 4) is 0 Å². The van der Waals surface area contributed by atoms with E-state index in [9.17, 15) is 8.42 Å². The second kappa shape index (κ2) is 7.50. The second-order valence-electron chi connectivity index (χ2n) is 4.65. The molecule has 1 N–H and O–H groups in total. The molecule has 0 atom stereocenters. The molecule has 0 heterocycles. The molecule has 0 aliphatic heterocycles. The van der Waals surface area contributed by atoms with Crippen molar-refractivity contribution in [2.75, 3.05) is 36.5 Å². The van der Waals surface area contributed by atoms with Crippen molar-refractivity contribution in [1.29, 1.82) is 0 Å². The van der Waals surface area contributed by atoms with E-state index in [-0.39, 0.29) is 5.75 Å². The topological polar surface area (TPSA) is 49.4 Å². The molecule has 1 rings (SSSR count). The smallest absolute Gasteiger partial charge is 0.148 e. The van der Waals surface area contributed by atoms with Crippen LogP contribution in [-0.4, -0.2) is 40.1 Å². The van der Waals surface area contributed by atoms with Gasteiger partial charge in [-0.1, -0.05) is 12.1 Å². The van der Waals surface area contributed by atoms with Gasteiger partial charge in [0.15, 0.2) is 0 Å². The fourth-order valence-corrected chi connectivity index (χ4v) is 2.42. The average Bonchev–Trinajstić information content (AvgIpc) is 2.37. The highest BCUT2D eigenvalue weighted by atomic mass is 32.2. The summed E-state index contributed by atoms with van der Waals surface area (Å²) in [5.41, 5.74) is 2.40. The number of hydrogen-bond acceptors (Lipinski definition) is 4. The van der Waals surface area contributed by atoms with Gasteiger partial charge < -0.3 is 10.2 Å². The Morgan fingerprint density at radius 1 is 1.11 bits per heavy atom. The van der Waals surface area contributed by atoms with Gasteiger partial charge in [0.1, 0.15) is 9.84 Å². The van der Waals surface area contributed by atoms with Crippen molar-refractivity contribution in [2.45, 2.75) is 20.4 Å². The Morgan fingerprint density at radius 2 is 1.68 bits per heavy atom. The lowest BCUT2D eigenvalue weighted by molar-refractivity contribution is 0.596. The first-order chi connectivity index (χ1) is 8.96. The third-order valence-electron chi connectivity index (χ3n) is 3.04. The van der Waals surface area contributed by atoms with Crippen LogP contribution in [0.15, 0.2) is 24.3 Å². The Balaban J connectivity index is 2.44. The number of sulfone groups is 1. The van der Waals surface area contributed by atoms with Gasteiger partial charge in [-0.25, -0.2) is 8.42 Å². The largest absolute Gasteiger partial charge is 0.372 e. The summed E-state index contributed by atoms with van der Waals surface area (Å²) in [6, 6.07) is 8.39. The molecule has 0 bridgehead atoms. The summed E-state index contributed by atoms with van der Waals surface area (Å²) >= 11 is 0. The lowest BCUT2D eigenvalue weighted by Gasteiger charge is -2.21. The summed E-state index contributed by atoms with van der Waals surface area (Å²) in [7, 11) is -2.87. The van der Waals surface area contributed by atoms with E-state index in [0.717, 1.165) is 13.1 Å². The Labute approximate surface area is 116 Å². The second-order valence-corrected chi connectivity index (χ2v) is 6.91. The van der Waals surface area contributed by atoms with Crippen LogP contribution >= 0.6 is 0 Å². The molecule has 4 nitrogen and oxygen atoms in total. The van der Waals surface area contributed by atoms with E-state index in [0.29, 0.717) is 13.1 Å². The van der Waals surface area contributed by atoms with Crippen molar-refractivity contribution in [3.05, 3.63) is 29.8 Å². The van der Waals surface area contributed by atoms with E-state index < -0.39 is 9.84 Å². The van der Waals surface area contributed by atoms with Gasteiger partial charge in [0.2, 0.25) is 0 Å². The molecule has 0 spiro atoms. The van der Waals surface area contributed by atoms with Crippen molar-refractivity contribution >= 4 is 15.5 Å². The molecule has 5 heteroatoms. The molecule has 0 saturated heterocycles. The Kier molecular flexibility index (Phi) is 6.31. The van der Waals surface area contributed by atoms with Crippen molar-refractivity contribution in [2.24, 2.45) is 0 Å². The van der Waals surface area contributed by atoms with Crippen LogP contribution in [0, 0.1) is 0 Å². The van der Waals surface area contributed by atoms with E-state index in [2.05, 4.69) is 48.3 Å². The van der Waals surface area contributed by atoms with Crippen LogP contribution in [-0.2, 0) is 16.4 Å². The summed E-state index contributed by atoms with van der Waals surface area (Å²) in [4.78, 5) is 2.29. The van der Waals surface area contributed by atoms with Crippen LogP contribution in [0.3, 0.4) is 0 Å². The monoisotopic (exact) mass is 284 g/mol. The number of anilines is 1. The molecule has 108 valence electrons. The maximum absolute atomic E-state index is 11.0. The van der Waals surface area contributed by atoms with Crippen molar-refractivity contribution < 1.29 is 8.42 Å². The van der Waals surface area contributed by atoms with Crippen LogP contribution in [0.1, 0.15) is 19.4 Å². The maximum atomic E-state index is 11.0. The molecule has 0 unspecified atom stereocenters. The molecule has 0 amide bonds. The number of nitrogens with zero attached hydrogens (tertiary/aromatic N) is 1.